The summed E-state index contributed by atoms with van der Waals surface area (Å²) < 4.78 is 2.13. The first-order valence-electron chi connectivity index (χ1n) is 8.07. The van der Waals surface area contributed by atoms with Crippen molar-refractivity contribution in [2.45, 2.75) is 25.8 Å². The number of pyridine rings is 1. The minimum Gasteiger partial charge on any atom is -0.396 e. The van der Waals surface area contributed by atoms with Crippen LogP contribution in [0.3, 0.4) is 0 Å². The van der Waals surface area contributed by atoms with Gasteiger partial charge in [-0.25, -0.2) is 4.98 Å². The molecule has 0 aliphatic rings. The zero-order valence-corrected chi connectivity index (χ0v) is 13.4. The molecule has 2 N–H and O–H groups in total. The normalized spacial score (nSPS) is 12.6. The Labute approximate surface area is 136 Å². The molecule has 2 heterocycles. The highest BCUT2D eigenvalue weighted by Crippen LogP contribution is 2.18. The van der Waals surface area contributed by atoms with Crippen LogP contribution in [0, 0.1) is 6.92 Å². The number of aliphatic hydroxyl groups excluding tert-OH is 1. The molecule has 1 aromatic carbocycles. The molecule has 0 aliphatic carbocycles. The predicted molar refractivity (Wildman–Crippen MR) is 92.5 cm³/mol. The second-order valence-corrected chi connectivity index (χ2v) is 5.93. The maximum Gasteiger partial charge on any atom is 0.136 e. The van der Waals surface area contributed by atoms with E-state index in [1.807, 2.05) is 30.5 Å². The van der Waals surface area contributed by atoms with E-state index < -0.39 is 0 Å². The summed E-state index contributed by atoms with van der Waals surface area (Å²) in [7, 11) is 0. The van der Waals surface area contributed by atoms with Crippen molar-refractivity contribution in [1.29, 1.82) is 0 Å². The lowest BCUT2D eigenvalue weighted by molar-refractivity contribution is 0.273. The van der Waals surface area contributed by atoms with Crippen molar-refractivity contribution in [2.75, 3.05) is 13.2 Å². The summed E-state index contributed by atoms with van der Waals surface area (Å²) >= 11 is 0. The summed E-state index contributed by atoms with van der Waals surface area (Å²) in [6.45, 7) is 3.89. The smallest absolute Gasteiger partial charge is 0.136 e. The number of imidazole rings is 1. The number of rotatable bonds is 7. The summed E-state index contributed by atoms with van der Waals surface area (Å²) in [5.74, 6) is 0.321. The standard InChI is InChI=1S/C19H23N3O/c1-15-7-8-19-21-13-18(22(19)14-15)12-20-11-17(9-10-23)16-5-3-2-4-6-16/h2-8,13-14,17,20,23H,9-12H2,1H3. The Morgan fingerprint density at radius 1 is 1.17 bits per heavy atom. The lowest BCUT2D eigenvalue weighted by atomic mass is 9.96. The Kier molecular flexibility index (Phi) is 5.05. The van der Waals surface area contributed by atoms with Gasteiger partial charge in [-0.15, -0.1) is 0 Å². The van der Waals surface area contributed by atoms with Crippen LogP contribution in [0.4, 0.5) is 0 Å². The molecular formula is C19H23N3O. The van der Waals surface area contributed by atoms with Gasteiger partial charge in [-0.1, -0.05) is 36.4 Å². The molecule has 0 amide bonds. The van der Waals surface area contributed by atoms with Gasteiger partial charge in [0.25, 0.3) is 0 Å². The van der Waals surface area contributed by atoms with Crippen molar-refractivity contribution in [3.8, 4) is 0 Å². The van der Waals surface area contributed by atoms with E-state index in [1.165, 1.54) is 11.1 Å². The van der Waals surface area contributed by atoms with Crippen LogP contribution < -0.4 is 5.32 Å². The fraction of sp³-hybridized carbons (Fsp3) is 0.316. The predicted octanol–water partition coefficient (Wildman–Crippen LogP) is 2.90. The van der Waals surface area contributed by atoms with E-state index >= 15 is 0 Å². The summed E-state index contributed by atoms with van der Waals surface area (Å²) in [6, 6.07) is 14.5. The molecule has 1 unspecified atom stereocenters. The highest BCUT2D eigenvalue weighted by atomic mass is 16.3. The van der Waals surface area contributed by atoms with Crippen LogP contribution in [0.5, 0.6) is 0 Å². The van der Waals surface area contributed by atoms with Crippen molar-refractivity contribution in [3.63, 3.8) is 0 Å². The van der Waals surface area contributed by atoms with Gasteiger partial charge in [0.05, 0.1) is 11.9 Å². The van der Waals surface area contributed by atoms with Gasteiger partial charge in [0.15, 0.2) is 0 Å². The van der Waals surface area contributed by atoms with Crippen LogP contribution in [0.25, 0.3) is 5.65 Å². The van der Waals surface area contributed by atoms with Gasteiger partial charge in [-0.2, -0.15) is 0 Å². The van der Waals surface area contributed by atoms with E-state index in [0.717, 1.165) is 30.9 Å². The van der Waals surface area contributed by atoms with E-state index in [2.05, 4.69) is 46.0 Å². The van der Waals surface area contributed by atoms with Crippen LogP contribution in [0.15, 0.2) is 54.9 Å². The third kappa shape index (κ3) is 3.78. The largest absolute Gasteiger partial charge is 0.396 e. The molecule has 4 heteroatoms. The molecule has 4 nitrogen and oxygen atoms in total. The lowest BCUT2D eigenvalue weighted by Gasteiger charge is -2.17. The number of aromatic nitrogens is 2. The number of hydrogen-bond donors (Lipinski definition) is 2. The molecule has 0 radical (unpaired) electrons. The summed E-state index contributed by atoms with van der Waals surface area (Å²) in [6.07, 6.45) is 4.80. The second kappa shape index (κ2) is 7.40. The molecule has 120 valence electrons. The van der Waals surface area contributed by atoms with Crippen LogP contribution in [-0.2, 0) is 6.54 Å². The fourth-order valence-corrected chi connectivity index (χ4v) is 2.91. The highest BCUT2D eigenvalue weighted by molar-refractivity contribution is 5.41. The van der Waals surface area contributed by atoms with E-state index in [1.54, 1.807) is 0 Å². The van der Waals surface area contributed by atoms with Crippen molar-refractivity contribution < 1.29 is 5.11 Å². The number of aliphatic hydroxyl groups is 1. The Morgan fingerprint density at radius 2 is 2.00 bits per heavy atom. The molecule has 1 atom stereocenters. The molecule has 0 bridgehead atoms. The Balaban J connectivity index is 1.66. The van der Waals surface area contributed by atoms with Gasteiger partial charge in [0.1, 0.15) is 5.65 Å². The van der Waals surface area contributed by atoms with Crippen molar-refractivity contribution in [2.24, 2.45) is 0 Å². The zero-order valence-electron chi connectivity index (χ0n) is 13.4. The van der Waals surface area contributed by atoms with Crippen LogP contribution in [0.2, 0.25) is 0 Å². The molecule has 3 rings (SSSR count). The van der Waals surface area contributed by atoms with Gasteiger partial charge in [-0.3, -0.25) is 0 Å². The van der Waals surface area contributed by atoms with Gasteiger partial charge in [0, 0.05) is 25.9 Å². The van der Waals surface area contributed by atoms with Gasteiger partial charge in [-0.05, 0) is 36.5 Å². The average Bonchev–Trinajstić information content (AvgIpc) is 2.97. The average molecular weight is 309 g/mol. The highest BCUT2D eigenvalue weighted by Gasteiger charge is 2.11. The monoisotopic (exact) mass is 309 g/mol. The topological polar surface area (TPSA) is 49.6 Å². The fourth-order valence-electron chi connectivity index (χ4n) is 2.91. The SMILES string of the molecule is Cc1ccc2ncc(CNCC(CCO)c3ccccc3)n2c1. The van der Waals surface area contributed by atoms with Crippen molar-refractivity contribution in [3.05, 3.63) is 71.7 Å². The quantitative estimate of drug-likeness (QED) is 0.705. The van der Waals surface area contributed by atoms with E-state index in [9.17, 15) is 5.11 Å². The molecule has 0 saturated heterocycles. The third-order valence-corrected chi connectivity index (χ3v) is 4.18. The van der Waals surface area contributed by atoms with Crippen molar-refractivity contribution in [1.82, 2.24) is 14.7 Å². The van der Waals surface area contributed by atoms with E-state index in [0.29, 0.717) is 5.92 Å². The van der Waals surface area contributed by atoms with E-state index in [-0.39, 0.29) is 6.61 Å². The Morgan fingerprint density at radius 3 is 2.78 bits per heavy atom. The second-order valence-electron chi connectivity index (χ2n) is 5.93. The zero-order chi connectivity index (χ0) is 16.1. The number of nitrogens with one attached hydrogen (secondary N) is 1. The minimum atomic E-state index is 0.204. The summed E-state index contributed by atoms with van der Waals surface area (Å²) in [5.41, 5.74) is 4.61. The maximum absolute atomic E-state index is 9.31. The maximum atomic E-state index is 9.31. The Bertz CT molecular complexity index is 752. The lowest BCUT2D eigenvalue weighted by Crippen LogP contribution is -2.22. The third-order valence-electron chi connectivity index (χ3n) is 4.18. The molecule has 23 heavy (non-hydrogen) atoms. The molecule has 2 aromatic heterocycles. The number of benzene rings is 1. The number of aryl methyl sites for hydroxylation is 1. The summed E-state index contributed by atoms with van der Waals surface area (Å²) in [5, 5.41) is 12.8. The molecule has 0 aliphatic heterocycles. The molecular weight excluding hydrogens is 286 g/mol. The first-order chi connectivity index (χ1) is 11.3. The van der Waals surface area contributed by atoms with Crippen LogP contribution >= 0.6 is 0 Å². The molecule has 3 aromatic rings. The van der Waals surface area contributed by atoms with Gasteiger partial charge in [0.2, 0.25) is 0 Å². The molecule has 0 saturated carbocycles. The number of fused-ring (bicyclic) bond motifs is 1. The van der Waals surface area contributed by atoms with Gasteiger partial charge < -0.3 is 14.8 Å². The first-order valence-corrected chi connectivity index (χ1v) is 8.07. The van der Waals surface area contributed by atoms with Crippen LogP contribution in [0.1, 0.15) is 29.2 Å². The van der Waals surface area contributed by atoms with E-state index in [4.69, 9.17) is 0 Å². The summed E-state index contributed by atoms with van der Waals surface area (Å²) in [4.78, 5) is 4.43. The number of hydrogen-bond acceptors (Lipinski definition) is 3. The minimum absolute atomic E-state index is 0.204. The molecule has 0 fully saturated rings. The number of nitrogens with zero attached hydrogens (tertiary/aromatic N) is 2. The van der Waals surface area contributed by atoms with Gasteiger partial charge >= 0.3 is 0 Å². The first kappa shape index (κ1) is 15.7. The Hall–Kier alpha value is -2.17. The van der Waals surface area contributed by atoms with Crippen molar-refractivity contribution >= 4 is 5.65 Å². The molecule has 0 spiro atoms. The van der Waals surface area contributed by atoms with Crippen LogP contribution in [-0.4, -0.2) is 27.6 Å².